The molecule has 6 heteroatoms. The summed E-state index contributed by atoms with van der Waals surface area (Å²) >= 11 is 0. The van der Waals surface area contributed by atoms with Crippen LogP contribution in [0.3, 0.4) is 0 Å². The molecule has 3 N–H and O–H groups in total. The first-order valence-electron chi connectivity index (χ1n) is 3.79. The van der Waals surface area contributed by atoms with Crippen LogP contribution in [-0.4, -0.2) is 27.8 Å². The van der Waals surface area contributed by atoms with E-state index in [9.17, 15) is 4.79 Å². The summed E-state index contributed by atoms with van der Waals surface area (Å²) in [7, 11) is 0. The molecule has 72 valence electrons. The molecule has 0 atom stereocenters. The molecule has 1 aliphatic heterocycles. The van der Waals surface area contributed by atoms with E-state index < -0.39 is 5.97 Å². The SMILES string of the molecule is Cl.O=C(O)c1n[nH]c2c1CCNC2. The predicted molar refractivity (Wildman–Crippen MR) is 48.2 cm³/mol. The normalized spacial score (nSPS) is 14.5. The Hall–Kier alpha value is -1.07. The van der Waals surface area contributed by atoms with Gasteiger partial charge in [-0.15, -0.1) is 12.4 Å². The van der Waals surface area contributed by atoms with Crippen molar-refractivity contribution >= 4 is 18.4 Å². The number of halogens is 1. The Morgan fingerprint density at radius 3 is 3.00 bits per heavy atom. The highest BCUT2D eigenvalue weighted by Crippen LogP contribution is 2.14. The molecule has 0 aromatic carbocycles. The summed E-state index contributed by atoms with van der Waals surface area (Å²) in [6.45, 7) is 1.52. The van der Waals surface area contributed by atoms with E-state index in [1.807, 2.05) is 0 Å². The van der Waals surface area contributed by atoms with E-state index in [2.05, 4.69) is 15.5 Å². The molecular weight excluding hydrogens is 194 g/mol. The summed E-state index contributed by atoms with van der Waals surface area (Å²) in [4.78, 5) is 10.6. The van der Waals surface area contributed by atoms with Crippen LogP contribution >= 0.6 is 12.4 Å². The van der Waals surface area contributed by atoms with E-state index in [0.29, 0.717) is 6.54 Å². The van der Waals surface area contributed by atoms with Crippen molar-refractivity contribution in [1.82, 2.24) is 15.5 Å². The van der Waals surface area contributed by atoms with Crippen LogP contribution < -0.4 is 5.32 Å². The monoisotopic (exact) mass is 203 g/mol. The number of carbonyl (C=O) groups is 1. The zero-order valence-corrected chi connectivity index (χ0v) is 7.65. The van der Waals surface area contributed by atoms with E-state index in [1.165, 1.54) is 0 Å². The summed E-state index contributed by atoms with van der Waals surface area (Å²) in [6.07, 6.45) is 0.744. The van der Waals surface area contributed by atoms with Crippen LogP contribution in [0.1, 0.15) is 21.7 Å². The van der Waals surface area contributed by atoms with Gasteiger partial charge >= 0.3 is 5.97 Å². The van der Waals surface area contributed by atoms with Crippen molar-refractivity contribution in [3.8, 4) is 0 Å². The second kappa shape index (κ2) is 3.76. The third-order valence-electron chi connectivity index (χ3n) is 2.01. The quantitative estimate of drug-likeness (QED) is 0.608. The molecular formula is C7H10ClN3O2. The maximum atomic E-state index is 10.6. The predicted octanol–water partition coefficient (Wildman–Crippen LogP) is 0.175. The fourth-order valence-corrected chi connectivity index (χ4v) is 1.42. The fourth-order valence-electron chi connectivity index (χ4n) is 1.42. The van der Waals surface area contributed by atoms with Crippen LogP contribution in [0.2, 0.25) is 0 Å². The number of nitrogens with zero attached hydrogens (tertiary/aromatic N) is 1. The lowest BCUT2D eigenvalue weighted by Gasteiger charge is -2.11. The number of carboxylic acids is 1. The number of aromatic nitrogens is 2. The summed E-state index contributed by atoms with van der Waals surface area (Å²) < 4.78 is 0. The lowest BCUT2D eigenvalue weighted by molar-refractivity contribution is 0.0689. The van der Waals surface area contributed by atoms with E-state index in [1.54, 1.807) is 0 Å². The largest absolute Gasteiger partial charge is 0.476 e. The number of hydrogen-bond acceptors (Lipinski definition) is 3. The van der Waals surface area contributed by atoms with Crippen molar-refractivity contribution in [2.75, 3.05) is 6.54 Å². The smallest absolute Gasteiger partial charge is 0.356 e. The molecule has 0 fully saturated rings. The Balaban J connectivity index is 0.000000845. The number of fused-ring (bicyclic) bond motifs is 1. The Labute approximate surface area is 80.9 Å². The van der Waals surface area contributed by atoms with Gasteiger partial charge in [0.15, 0.2) is 5.69 Å². The lowest BCUT2D eigenvalue weighted by Crippen LogP contribution is -2.24. The number of nitrogens with one attached hydrogen (secondary N) is 2. The molecule has 0 amide bonds. The molecule has 0 aliphatic carbocycles. The second-order valence-corrected chi connectivity index (χ2v) is 2.76. The third kappa shape index (κ3) is 1.66. The molecule has 0 bridgehead atoms. The standard InChI is InChI=1S/C7H9N3O2.ClH/c11-7(12)6-4-1-2-8-3-5(4)9-10-6;/h8H,1-3H2,(H,9,10)(H,11,12);1H. The Kier molecular flexibility index (Phi) is 2.90. The first-order chi connectivity index (χ1) is 5.79. The number of aromatic amines is 1. The highest BCUT2D eigenvalue weighted by Gasteiger charge is 2.20. The van der Waals surface area contributed by atoms with E-state index >= 15 is 0 Å². The molecule has 1 aromatic rings. The Morgan fingerprint density at radius 2 is 2.31 bits per heavy atom. The molecule has 0 spiro atoms. The number of H-pyrrole nitrogens is 1. The van der Waals surface area contributed by atoms with Crippen molar-refractivity contribution < 1.29 is 9.90 Å². The van der Waals surface area contributed by atoms with Gasteiger partial charge in [0, 0.05) is 12.1 Å². The van der Waals surface area contributed by atoms with Gasteiger partial charge in [0.05, 0.1) is 5.69 Å². The number of rotatable bonds is 1. The third-order valence-corrected chi connectivity index (χ3v) is 2.01. The molecule has 0 unspecified atom stereocenters. The van der Waals surface area contributed by atoms with Crippen LogP contribution in [0.15, 0.2) is 0 Å². The van der Waals surface area contributed by atoms with E-state index in [0.717, 1.165) is 24.2 Å². The Morgan fingerprint density at radius 1 is 1.54 bits per heavy atom. The minimum Gasteiger partial charge on any atom is -0.476 e. The van der Waals surface area contributed by atoms with Crippen molar-refractivity contribution in [3.05, 3.63) is 17.0 Å². The van der Waals surface area contributed by atoms with Gasteiger partial charge in [-0.1, -0.05) is 0 Å². The van der Waals surface area contributed by atoms with Crippen LogP contribution in [0.4, 0.5) is 0 Å². The minimum atomic E-state index is -0.950. The fraction of sp³-hybridized carbons (Fsp3) is 0.429. The van der Waals surface area contributed by atoms with Gasteiger partial charge in [0.25, 0.3) is 0 Å². The molecule has 0 saturated carbocycles. The maximum Gasteiger partial charge on any atom is 0.356 e. The van der Waals surface area contributed by atoms with Crippen molar-refractivity contribution in [2.24, 2.45) is 0 Å². The van der Waals surface area contributed by atoms with Gasteiger partial charge in [0.2, 0.25) is 0 Å². The maximum absolute atomic E-state index is 10.6. The highest BCUT2D eigenvalue weighted by atomic mass is 35.5. The summed E-state index contributed by atoms with van der Waals surface area (Å²) in [6, 6.07) is 0. The van der Waals surface area contributed by atoms with Gasteiger partial charge in [0.1, 0.15) is 0 Å². The summed E-state index contributed by atoms with van der Waals surface area (Å²) in [5.41, 5.74) is 1.92. The summed E-state index contributed by atoms with van der Waals surface area (Å²) in [5.74, 6) is -0.950. The summed E-state index contributed by atoms with van der Waals surface area (Å²) in [5, 5.41) is 18.3. The minimum absolute atomic E-state index is 0. The molecule has 0 saturated heterocycles. The zero-order valence-electron chi connectivity index (χ0n) is 6.83. The zero-order chi connectivity index (χ0) is 8.55. The number of aromatic carboxylic acids is 1. The van der Waals surface area contributed by atoms with Gasteiger partial charge in [-0.3, -0.25) is 5.10 Å². The molecule has 1 aromatic heterocycles. The second-order valence-electron chi connectivity index (χ2n) is 2.76. The lowest BCUT2D eigenvalue weighted by atomic mass is 10.1. The van der Waals surface area contributed by atoms with Crippen molar-refractivity contribution in [1.29, 1.82) is 0 Å². The van der Waals surface area contributed by atoms with Gasteiger partial charge in [-0.25, -0.2) is 4.79 Å². The molecule has 2 rings (SSSR count). The van der Waals surface area contributed by atoms with Gasteiger partial charge in [-0.05, 0) is 13.0 Å². The average molecular weight is 204 g/mol. The molecule has 2 heterocycles. The van der Waals surface area contributed by atoms with Crippen LogP contribution in [0, 0.1) is 0 Å². The Bertz CT molecular complexity index is 324. The first kappa shape index (κ1) is 10.0. The van der Waals surface area contributed by atoms with E-state index in [4.69, 9.17) is 5.11 Å². The first-order valence-corrected chi connectivity index (χ1v) is 3.79. The topological polar surface area (TPSA) is 78.0 Å². The van der Waals surface area contributed by atoms with Crippen molar-refractivity contribution in [3.63, 3.8) is 0 Å². The molecule has 0 radical (unpaired) electrons. The number of carboxylic acid groups (broad SMARTS) is 1. The van der Waals surface area contributed by atoms with Crippen LogP contribution in [0.25, 0.3) is 0 Å². The van der Waals surface area contributed by atoms with E-state index in [-0.39, 0.29) is 18.1 Å². The van der Waals surface area contributed by atoms with Gasteiger partial charge < -0.3 is 10.4 Å². The van der Waals surface area contributed by atoms with Gasteiger partial charge in [-0.2, -0.15) is 5.10 Å². The molecule has 5 nitrogen and oxygen atoms in total. The van der Waals surface area contributed by atoms with Crippen LogP contribution in [0.5, 0.6) is 0 Å². The number of hydrogen-bond donors (Lipinski definition) is 3. The van der Waals surface area contributed by atoms with Crippen LogP contribution in [-0.2, 0) is 13.0 Å². The average Bonchev–Trinajstić information content (AvgIpc) is 2.47. The molecule has 1 aliphatic rings. The highest BCUT2D eigenvalue weighted by molar-refractivity contribution is 5.87. The molecule has 13 heavy (non-hydrogen) atoms. The van der Waals surface area contributed by atoms with Crippen molar-refractivity contribution in [2.45, 2.75) is 13.0 Å².